The van der Waals surface area contributed by atoms with Gasteiger partial charge in [0.2, 0.25) is 11.8 Å². The van der Waals surface area contributed by atoms with E-state index >= 15 is 0 Å². The van der Waals surface area contributed by atoms with E-state index in [0.717, 1.165) is 12.8 Å². The van der Waals surface area contributed by atoms with Gasteiger partial charge >= 0.3 is 0 Å². The third-order valence-corrected chi connectivity index (χ3v) is 6.89. The van der Waals surface area contributed by atoms with Crippen molar-refractivity contribution in [2.75, 3.05) is 11.9 Å². The second-order valence-electron chi connectivity index (χ2n) is 7.35. The molecular formula is C21H20Cl2N4O3S. The maximum atomic E-state index is 12.9. The van der Waals surface area contributed by atoms with Crippen molar-refractivity contribution in [3.63, 3.8) is 0 Å². The Kier molecular flexibility index (Phi) is 6.60. The van der Waals surface area contributed by atoms with Gasteiger partial charge in [-0.2, -0.15) is 0 Å². The van der Waals surface area contributed by atoms with E-state index in [9.17, 15) is 14.4 Å². The molecule has 0 spiro atoms. The van der Waals surface area contributed by atoms with Crippen molar-refractivity contribution in [3.8, 4) is 0 Å². The molecule has 1 aliphatic heterocycles. The highest BCUT2D eigenvalue weighted by Gasteiger charge is 2.32. The summed E-state index contributed by atoms with van der Waals surface area (Å²) in [6.45, 7) is 0.725. The zero-order chi connectivity index (χ0) is 22.0. The molecule has 0 radical (unpaired) electrons. The van der Waals surface area contributed by atoms with Gasteiger partial charge in [0.1, 0.15) is 10.9 Å². The number of likely N-dealkylation sites (tertiary alicyclic amines) is 1. The Morgan fingerprint density at radius 3 is 2.84 bits per heavy atom. The van der Waals surface area contributed by atoms with Gasteiger partial charge in [-0.05, 0) is 48.9 Å². The summed E-state index contributed by atoms with van der Waals surface area (Å²) in [6.07, 6.45) is 3.88. The topological polar surface area (TPSA) is 84.3 Å². The molecule has 10 heteroatoms. The van der Waals surface area contributed by atoms with Gasteiger partial charge in [0, 0.05) is 25.2 Å². The van der Waals surface area contributed by atoms with E-state index in [4.69, 9.17) is 23.2 Å². The quantitative estimate of drug-likeness (QED) is 0.595. The molecule has 162 valence electrons. The molecule has 7 nitrogen and oxygen atoms in total. The van der Waals surface area contributed by atoms with Crippen molar-refractivity contribution in [3.05, 3.63) is 56.4 Å². The summed E-state index contributed by atoms with van der Waals surface area (Å²) in [7, 11) is 0. The number of aryl methyl sites for hydroxylation is 1. The summed E-state index contributed by atoms with van der Waals surface area (Å²) in [5.74, 6) is -0.420. The average Bonchev–Trinajstić information content (AvgIpc) is 3.25. The van der Waals surface area contributed by atoms with Crippen LogP contribution in [0.25, 0.3) is 10.2 Å². The van der Waals surface area contributed by atoms with Gasteiger partial charge in [0.25, 0.3) is 5.56 Å². The molecule has 0 aliphatic carbocycles. The second-order valence-corrected chi connectivity index (χ2v) is 9.06. The maximum absolute atomic E-state index is 12.9. The number of amides is 2. The first-order valence-electron chi connectivity index (χ1n) is 9.92. The minimum atomic E-state index is -0.565. The third kappa shape index (κ3) is 4.76. The second kappa shape index (κ2) is 9.38. The number of hydrogen-bond acceptors (Lipinski definition) is 5. The van der Waals surface area contributed by atoms with Gasteiger partial charge in [-0.1, -0.05) is 23.2 Å². The molecule has 0 bridgehead atoms. The predicted octanol–water partition coefficient (Wildman–Crippen LogP) is 4.17. The molecule has 1 fully saturated rings. The first-order valence-corrected chi connectivity index (χ1v) is 11.6. The Morgan fingerprint density at radius 1 is 1.19 bits per heavy atom. The standard InChI is InChI=1S/C21H20Cl2N4O3S/c22-15-5-4-13(11-16(15)23)25-19(29)17-3-1-2-8-27(17)18(28)6-9-26-12-24-20-14(21(26)30)7-10-31-20/h4-5,7,10-12,17H,1-3,6,8-9H2,(H,25,29). The highest BCUT2D eigenvalue weighted by molar-refractivity contribution is 7.16. The SMILES string of the molecule is O=C(Nc1ccc(Cl)c(Cl)c1)C1CCCCN1C(=O)CCn1cnc2sccc2c1=O. The van der Waals surface area contributed by atoms with Crippen LogP contribution in [0.4, 0.5) is 5.69 Å². The lowest BCUT2D eigenvalue weighted by Gasteiger charge is -2.35. The molecule has 1 aliphatic rings. The van der Waals surface area contributed by atoms with Crippen LogP contribution >= 0.6 is 34.5 Å². The number of piperidine rings is 1. The minimum Gasteiger partial charge on any atom is -0.331 e. The molecule has 3 heterocycles. The number of rotatable bonds is 5. The van der Waals surface area contributed by atoms with Gasteiger partial charge in [-0.15, -0.1) is 11.3 Å². The van der Waals surface area contributed by atoms with Crippen LogP contribution in [-0.2, 0) is 16.1 Å². The van der Waals surface area contributed by atoms with Crippen molar-refractivity contribution < 1.29 is 9.59 Å². The fraction of sp³-hybridized carbons (Fsp3) is 0.333. The summed E-state index contributed by atoms with van der Waals surface area (Å²) < 4.78 is 1.45. The number of halogens is 2. The number of aromatic nitrogens is 2. The Bertz CT molecular complexity index is 1190. The molecule has 2 aromatic heterocycles. The summed E-state index contributed by atoms with van der Waals surface area (Å²) in [5, 5.41) is 5.94. The molecule has 4 rings (SSSR count). The van der Waals surface area contributed by atoms with Crippen LogP contribution in [-0.4, -0.2) is 38.9 Å². The summed E-state index contributed by atoms with van der Waals surface area (Å²) >= 11 is 13.4. The van der Waals surface area contributed by atoms with Crippen molar-refractivity contribution in [1.82, 2.24) is 14.5 Å². The van der Waals surface area contributed by atoms with E-state index in [0.29, 0.717) is 38.9 Å². The molecule has 31 heavy (non-hydrogen) atoms. The Hall–Kier alpha value is -2.42. The fourth-order valence-electron chi connectivity index (χ4n) is 3.71. The lowest BCUT2D eigenvalue weighted by Crippen LogP contribution is -2.50. The molecular weight excluding hydrogens is 459 g/mol. The van der Waals surface area contributed by atoms with E-state index < -0.39 is 6.04 Å². The molecule has 1 saturated heterocycles. The normalized spacial score (nSPS) is 16.5. The predicted molar refractivity (Wildman–Crippen MR) is 123 cm³/mol. The highest BCUT2D eigenvalue weighted by atomic mass is 35.5. The van der Waals surface area contributed by atoms with Crippen LogP contribution in [0.3, 0.4) is 0 Å². The fourth-order valence-corrected chi connectivity index (χ4v) is 4.74. The van der Waals surface area contributed by atoms with Crippen molar-refractivity contribution in [2.24, 2.45) is 0 Å². The van der Waals surface area contributed by atoms with E-state index in [2.05, 4.69) is 10.3 Å². The number of thiophene rings is 1. The van der Waals surface area contributed by atoms with E-state index in [-0.39, 0.29) is 30.3 Å². The van der Waals surface area contributed by atoms with Crippen LogP contribution in [0.1, 0.15) is 25.7 Å². The minimum absolute atomic E-state index is 0.119. The lowest BCUT2D eigenvalue weighted by molar-refractivity contribution is -0.140. The largest absolute Gasteiger partial charge is 0.331 e. The number of nitrogens with one attached hydrogen (secondary N) is 1. The molecule has 2 amide bonds. The van der Waals surface area contributed by atoms with Gasteiger partial charge in [0.05, 0.1) is 21.8 Å². The maximum Gasteiger partial charge on any atom is 0.262 e. The third-order valence-electron chi connectivity index (χ3n) is 5.33. The molecule has 1 atom stereocenters. The molecule has 0 saturated carbocycles. The Labute approximate surface area is 192 Å². The van der Waals surface area contributed by atoms with E-state index in [1.807, 2.05) is 5.38 Å². The smallest absolute Gasteiger partial charge is 0.262 e. The van der Waals surface area contributed by atoms with Crippen LogP contribution in [0.15, 0.2) is 40.8 Å². The Balaban J connectivity index is 1.43. The summed E-state index contributed by atoms with van der Waals surface area (Å²) in [6, 6.07) is 6.03. The number of hydrogen-bond donors (Lipinski definition) is 1. The number of benzene rings is 1. The number of carbonyl (C=O) groups is 2. The zero-order valence-corrected chi connectivity index (χ0v) is 18.8. The highest BCUT2D eigenvalue weighted by Crippen LogP contribution is 2.26. The number of anilines is 1. The summed E-state index contributed by atoms with van der Waals surface area (Å²) in [5.41, 5.74) is 0.366. The monoisotopic (exact) mass is 478 g/mol. The van der Waals surface area contributed by atoms with Gasteiger partial charge in [-0.3, -0.25) is 19.0 Å². The first-order chi connectivity index (χ1) is 14.9. The van der Waals surface area contributed by atoms with Crippen LogP contribution in [0, 0.1) is 0 Å². The molecule has 1 unspecified atom stereocenters. The van der Waals surface area contributed by atoms with Crippen LogP contribution in [0.5, 0.6) is 0 Å². The number of carbonyl (C=O) groups excluding carboxylic acids is 2. The first kappa shape index (κ1) is 21.8. The Morgan fingerprint density at radius 2 is 2.03 bits per heavy atom. The molecule has 1 N–H and O–H groups in total. The van der Waals surface area contributed by atoms with Crippen LogP contribution in [0.2, 0.25) is 10.0 Å². The van der Waals surface area contributed by atoms with Gasteiger partial charge in [0.15, 0.2) is 0 Å². The van der Waals surface area contributed by atoms with Gasteiger partial charge in [-0.25, -0.2) is 4.98 Å². The number of fused-ring (bicyclic) bond motifs is 1. The average molecular weight is 479 g/mol. The van der Waals surface area contributed by atoms with Crippen LogP contribution < -0.4 is 10.9 Å². The number of nitrogens with zero attached hydrogens (tertiary/aromatic N) is 3. The van der Waals surface area contributed by atoms with E-state index in [1.54, 1.807) is 29.2 Å². The summed E-state index contributed by atoms with van der Waals surface area (Å²) in [4.78, 5) is 44.9. The van der Waals surface area contributed by atoms with Crippen molar-refractivity contribution in [1.29, 1.82) is 0 Å². The zero-order valence-electron chi connectivity index (χ0n) is 16.5. The molecule has 1 aromatic carbocycles. The van der Waals surface area contributed by atoms with Gasteiger partial charge < -0.3 is 10.2 Å². The van der Waals surface area contributed by atoms with Crippen molar-refractivity contribution >= 4 is 62.3 Å². The lowest BCUT2D eigenvalue weighted by atomic mass is 10.0. The molecule has 3 aromatic rings. The van der Waals surface area contributed by atoms with Crippen molar-refractivity contribution in [2.45, 2.75) is 38.3 Å². The van der Waals surface area contributed by atoms with E-state index in [1.165, 1.54) is 22.2 Å².